The summed E-state index contributed by atoms with van der Waals surface area (Å²) in [5.41, 5.74) is 0.394. The quantitative estimate of drug-likeness (QED) is 0.678. The number of likely N-dealkylation sites (N-methyl/N-ethyl adjacent to an activating group) is 2. The highest BCUT2D eigenvalue weighted by atomic mass is 19.1. The largest absolute Gasteiger partial charge is 0.479 e. The van der Waals surface area contributed by atoms with Crippen LogP contribution in [0.15, 0.2) is 0 Å². The monoisotopic (exact) mass is 229 g/mol. The zero-order chi connectivity index (χ0) is 11.9. The second-order valence-electron chi connectivity index (χ2n) is 3.77. The molecular formula is C10H13F2N3O. The Hall–Kier alpha value is -1.59. The van der Waals surface area contributed by atoms with E-state index in [1.807, 2.05) is 0 Å². The van der Waals surface area contributed by atoms with E-state index < -0.39 is 11.8 Å². The molecule has 0 spiro atoms. The van der Waals surface area contributed by atoms with Gasteiger partial charge in [0.1, 0.15) is 11.4 Å². The summed E-state index contributed by atoms with van der Waals surface area (Å²) < 4.78 is 32.3. The van der Waals surface area contributed by atoms with E-state index in [1.54, 1.807) is 23.9 Å². The van der Waals surface area contributed by atoms with Gasteiger partial charge < -0.3 is 14.5 Å². The summed E-state index contributed by atoms with van der Waals surface area (Å²) in [6.07, 6.45) is 0. The van der Waals surface area contributed by atoms with Gasteiger partial charge in [-0.2, -0.15) is 13.8 Å². The van der Waals surface area contributed by atoms with Gasteiger partial charge >= 0.3 is 0 Å². The molecular weight excluding hydrogens is 216 g/mol. The van der Waals surface area contributed by atoms with Gasteiger partial charge in [-0.25, -0.2) is 0 Å². The summed E-state index contributed by atoms with van der Waals surface area (Å²) in [5.74, 6) is -1.63. The summed E-state index contributed by atoms with van der Waals surface area (Å²) >= 11 is 0. The van der Waals surface area contributed by atoms with Gasteiger partial charge in [-0.3, -0.25) is 0 Å². The Kier molecular flexibility index (Phi) is 2.57. The molecule has 1 aromatic heterocycles. The third kappa shape index (κ3) is 1.45. The summed E-state index contributed by atoms with van der Waals surface area (Å²) in [5, 5.41) is 0. The Balaban J connectivity index is 2.68. The van der Waals surface area contributed by atoms with Crippen LogP contribution in [-0.4, -0.2) is 39.3 Å². The average Bonchev–Trinajstić information content (AvgIpc) is 2.26. The van der Waals surface area contributed by atoms with Gasteiger partial charge in [0, 0.05) is 27.2 Å². The third-order valence-electron chi connectivity index (χ3n) is 2.74. The molecule has 0 saturated carbocycles. The van der Waals surface area contributed by atoms with E-state index in [0.29, 0.717) is 13.1 Å². The second-order valence-corrected chi connectivity index (χ2v) is 3.77. The minimum Gasteiger partial charge on any atom is -0.479 e. The van der Waals surface area contributed by atoms with E-state index in [-0.39, 0.29) is 17.3 Å². The molecule has 0 amide bonds. The Bertz CT molecular complexity index is 425. The van der Waals surface area contributed by atoms with Crippen molar-refractivity contribution in [3.63, 3.8) is 0 Å². The first-order valence-electron chi connectivity index (χ1n) is 4.91. The number of fused-ring (bicyclic) bond motifs is 1. The molecule has 2 heterocycles. The number of hydrogen-bond donors (Lipinski definition) is 0. The number of nitrogens with zero attached hydrogens (tertiary/aromatic N) is 3. The minimum atomic E-state index is -0.706. The standard InChI is InChI=1S/C10H13F2N3O/c1-14-4-5-15(2)8-7(14)6(11)10(16-3)13-9(8)12/h4-5H2,1-3H3. The fourth-order valence-corrected chi connectivity index (χ4v) is 1.84. The lowest BCUT2D eigenvalue weighted by Gasteiger charge is -2.34. The van der Waals surface area contributed by atoms with E-state index in [9.17, 15) is 8.78 Å². The van der Waals surface area contributed by atoms with Gasteiger partial charge in [0.05, 0.1) is 7.11 Å². The van der Waals surface area contributed by atoms with E-state index in [0.717, 1.165) is 0 Å². The first-order chi connectivity index (χ1) is 7.56. The van der Waals surface area contributed by atoms with Crippen molar-refractivity contribution in [3.05, 3.63) is 11.8 Å². The molecule has 6 heteroatoms. The van der Waals surface area contributed by atoms with E-state index in [4.69, 9.17) is 4.74 Å². The number of ether oxygens (including phenoxy) is 1. The van der Waals surface area contributed by atoms with Crippen LogP contribution in [0.5, 0.6) is 5.88 Å². The van der Waals surface area contributed by atoms with Crippen LogP contribution >= 0.6 is 0 Å². The van der Waals surface area contributed by atoms with Crippen LogP contribution in [0.2, 0.25) is 0 Å². The van der Waals surface area contributed by atoms with Gasteiger partial charge in [-0.05, 0) is 0 Å². The van der Waals surface area contributed by atoms with Crippen molar-refractivity contribution in [3.8, 4) is 5.88 Å². The lowest BCUT2D eigenvalue weighted by molar-refractivity contribution is 0.358. The summed E-state index contributed by atoms with van der Waals surface area (Å²) in [6.45, 7) is 1.26. The number of halogens is 2. The molecule has 1 aromatic rings. The molecule has 0 aliphatic carbocycles. The van der Waals surface area contributed by atoms with Crippen LogP contribution in [0, 0.1) is 11.8 Å². The van der Waals surface area contributed by atoms with Crippen LogP contribution in [-0.2, 0) is 0 Å². The first-order valence-corrected chi connectivity index (χ1v) is 4.91. The molecule has 88 valence electrons. The molecule has 0 N–H and O–H groups in total. The minimum absolute atomic E-state index is 0.187. The van der Waals surface area contributed by atoms with Crippen molar-refractivity contribution in [1.29, 1.82) is 0 Å². The van der Waals surface area contributed by atoms with Crippen molar-refractivity contribution < 1.29 is 13.5 Å². The summed E-state index contributed by atoms with van der Waals surface area (Å²) in [4.78, 5) is 6.77. The molecule has 0 radical (unpaired) electrons. The number of hydrogen-bond acceptors (Lipinski definition) is 4. The number of rotatable bonds is 1. The van der Waals surface area contributed by atoms with Gasteiger partial charge in [0.2, 0.25) is 11.8 Å². The number of pyridine rings is 1. The van der Waals surface area contributed by atoms with Crippen molar-refractivity contribution in [2.24, 2.45) is 0 Å². The van der Waals surface area contributed by atoms with Gasteiger partial charge in [0.15, 0.2) is 0 Å². The first kappa shape index (κ1) is 10.9. The maximum atomic E-state index is 13.9. The van der Waals surface area contributed by atoms with E-state index in [1.165, 1.54) is 7.11 Å². The van der Waals surface area contributed by atoms with Crippen LogP contribution in [0.4, 0.5) is 20.2 Å². The molecule has 0 fully saturated rings. The number of aromatic nitrogens is 1. The van der Waals surface area contributed by atoms with Crippen molar-refractivity contribution in [2.75, 3.05) is 44.1 Å². The van der Waals surface area contributed by atoms with Crippen LogP contribution in [0.25, 0.3) is 0 Å². The molecule has 0 aromatic carbocycles. The molecule has 2 rings (SSSR count). The highest BCUT2D eigenvalue weighted by Crippen LogP contribution is 2.38. The molecule has 4 nitrogen and oxygen atoms in total. The fourth-order valence-electron chi connectivity index (χ4n) is 1.84. The predicted molar refractivity (Wildman–Crippen MR) is 57.2 cm³/mol. The Labute approximate surface area is 92.4 Å². The average molecular weight is 229 g/mol. The molecule has 16 heavy (non-hydrogen) atoms. The molecule has 1 aliphatic rings. The third-order valence-corrected chi connectivity index (χ3v) is 2.74. The summed E-state index contributed by atoms with van der Waals surface area (Å²) in [6, 6.07) is 0. The van der Waals surface area contributed by atoms with E-state index in [2.05, 4.69) is 4.98 Å². The van der Waals surface area contributed by atoms with Crippen molar-refractivity contribution in [1.82, 2.24) is 4.98 Å². The number of anilines is 2. The van der Waals surface area contributed by atoms with Crippen molar-refractivity contribution >= 4 is 11.4 Å². The lowest BCUT2D eigenvalue weighted by Crippen LogP contribution is -2.38. The lowest BCUT2D eigenvalue weighted by atomic mass is 10.2. The van der Waals surface area contributed by atoms with Gasteiger partial charge in [-0.1, -0.05) is 0 Å². The molecule has 0 saturated heterocycles. The maximum Gasteiger partial charge on any atom is 0.255 e. The van der Waals surface area contributed by atoms with Crippen LogP contribution < -0.4 is 14.5 Å². The molecule has 0 atom stereocenters. The van der Waals surface area contributed by atoms with Crippen LogP contribution in [0.3, 0.4) is 0 Å². The SMILES string of the molecule is COc1nc(F)c2c(c1F)N(C)CCN2C. The fraction of sp³-hybridized carbons (Fsp3) is 0.500. The Morgan fingerprint density at radius 3 is 2.25 bits per heavy atom. The smallest absolute Gasteiger partial charge is 0.255 e. The maximum absolute atomic E-state index is 13.9. The normalized spacial score (nSPS) is 15.1. The molecule has 0 bridgehead atoms. The Morgan fingerprint density at radius 2 is 1.69 bits per heavy atom. The number of methoxy groups -OCH3 is 1. The zero-order valence-electron chi connectivity index (χ0n) is 9.42. The van der Waals surface area contributed by atoms with Crippen molar-refractivity contribution in [2.45, 2.75) is 0 Å². The molecule has 0 unspecified atom stereocenters. The topological polar surface area (TPSA) is 28.6 Å². The van der Waals surface area contributed by atoms with Crippen LogP contribution in [0.1, 0.15) is 0 Å². The zero-order valence-corrected chi connectivity index (χ0v) is 9.42. The molecule has 1 aliphatic heterocycles. The van der Waals surface area contributed by atoms with E-state index >= 15 is 0 Å². The Morgan fingerprint density at radius 1 is 1.12 bits per heavy atom. The van der Waals surface area contributed by atoms with Gasteiger partial charge in [-0.15, -0.1) is 0 Å². The second kappa shape index (κ2) is 3.77. The highest BCUT2D eigenvalue weighted by molar-refractivity contribution is 5.74. The predicted octanol–water partition coefficient (Wildman–Crippen LogP) is 1.25. The summed E-state index contributed by atoms with van der Waals surface area (Å²) in [7, 11) is 4.69. The van der Waals surface area contributed by atoms with Gasteiger partial charge in [0.25, 0.3) is 5.88 Å². The highest BCUT2D eigenvalue weighted by Gasteiger charge is 2.29.